The summed E-state index contributed by atoms with van der Waals surface area (Å²) < 4.78 is 139. The Kier molecular flexibility index (Phi) is 12.0. The van der Waals surface area contributed by atoms with Gasteiger partial charge in [-0.15, -0.1) is 0 Å². The maximum absolute atomic E-state index is 10.8. The summed E-state index contributed by atoms with van der Waals surface area (Å²) in [6, 6.07) is 108. The van der Waals surface area contributed by atoms with Crippen LogP contribution in [-0.2, 0) is 5.41 Å². The molecule has 0 fully saturated rings. The van der Waals surface area contributed by atoms with Crippen LogP contribution in [0.4, 0.5) is 34.1 Å². The Labute approximate surface area is 703 Å². The van der Waals surface area contributed by atoms with Crippen LogP contribution in [-0.4, -0.2) is 15.8 Å². The van der Waals surface area contributed by atoms with Crippen molar-refractivity contribution in [3.8, 4) is 113 Å². The standard InChI is InChI=1S/C111H67BN6/c113-68-70-52-58-101-92(60-70)87-41-19-24-50-99(87)115(101)79-54-56-97-103(66-79)117(109-82(73-30-8-2-9-31-73)44-27-45-83(109)74-32-10-3-11-33-74)105-64-78(81-43-26-46-89-86-40-18-23-49-96(86)111(107(81)89)94-47-21-16-38-84(94)85-39-17-22-48-95(85)111)65-106-108(105)112(97)98-57-55-80(116-100-51-25-20-42-88(100)93-61-71(69-114)53-59-102(93)116)67-104(98)118(106)110-90(75-34-12-4-13-35-75)62-77(72-28-6-1-7-29-72)63-91(110)76-36-14-5-15-37-76/h1-67H/i19D,20D,24D,25D,41D,42D,50D,51D,52D,53D,58D,59D,60D,61D. The summed E-state index contributed by atoms with van der Waals surface area (Å²) in [5, 5.41) is 21.2. The Bertz CT molecular complexity index is 8450. The first-order valence-electron chi connectivity index (χ1n) is 46.3. The van der Waals surface area contributed by atoms with E-state index in [1.165, 1.54) is 0 Å². The Morgan fingerprint density at radius 2 is 0.644 bits per heavy atom. The minimum absolute atomic E-state index is 0.0880. The number of rotatable bonds is 10. The summed E-state index contributed by atoms with van der Waals surface area (Å²) in [7, 11) is 0. The summed E-state index contributed by atoms with van der Waals surface area (Å²) in [6.07, 6.45) is 0. The van der Waals surface area contributed by atoms with Crippen molar-refractivity contribution in [1.29, 1.82) is 10.5 Å². The number of nitriles is 2. The second-order valence-corrected chi connectivity index (χ2v) is 30.4. The van der Waals surface area contributed by atoms with Crippen LogP contribution in [0.15, 0.2) is 406 Å². The van der Waals surface area contributed by atoms with Crippen LogP contribution in [0, 0.1) is 22.7 Å². The van der Waals surface area contributed by atoms with E-state index in [1.54, 1.807) is 9.13 Å². The SMILES string of the molecule is [2H]c1c([2H])c([2H])c2c(c1[2H])c1c([2H])c(C#N)c([2H])c([2H])c1n2-c1ccc2c(c1)N(c1c(-c3ccccc3)cccc1-c1ccccc1)c1cc(-c3cccc4c3C3(c5ccccc5-c5ccccc53)c3ccccc3-4)cc3c1B2c1ccc(-n2c4c([2H])c([2H])c([2H])c([2H])c4c4c([2H])c(C#N)c([2H])c([2H])c42)cc1N3c1c(-c2ccccc2)cc(-c2ccccc2)cc1-c1ccccc1. The molecule has 0 bridgehead atoms. The van der Waals surface area contributed by atoms with E-state index in [0.29, 0.717) is 39.4 Å². The second-order valence-electron chi connectivity index (χ2n) is 30.4. The molecule has 0 saturated heterocycles. The topological polar surface area (TPSA) is 63.9 Å². The van der Waals surface area contributed by atoms with E-state index >= 15 is 0 Å². The van der Waals surface area contributed by atoms with Crippen molar-refractivity contribution >= 4 is 101 Å². The largest absolute Gasteiger partial charge is 0.310 e. The predicted octanol–water partition coefficient (Wildman–Crippen LogP) is 26.1. The highest BCUT2D eigenvalue weighted by molar-refractivity contribution is 7.00. The lowest BCUT2D eigenvalue weighted by atomic mass is 9.33. The fourth-order valence-electron chi connectivity index (χ4n) is 19.8. The van der Waals surface area contributed by atoms with Gasteiger partial charge in [-0.1, -0.05) is 309 Å². The Hall–Kier alpha value is -15.8. The van der Waals surface area contributed by atoms with Gasteiger partial charge >= 0.3 is 0 Å². The lowest BCUT2D eigenvalue weighted by Crippen LogP contribution is -2.61. The van der Waals surface area contributed by atoms with Gasteiger partial charge in [-0.2, -0.15) is 10.5 Å². The van der Waals surface area contributed by atoms with Crippen molar-refractivity contribution in [3.05, 3.63) is 439 Å². The van der Waals surface area contributed by atoms with Gasteiger partial charge in [0.05, 0.1) is 81.3 Å². The van der Waals surface area contributed by atoms with Crippen LogP contribution in [0.1, 0.15) is 52.6 Å². The van der Waals surface area contributed by atoms with Crippen molar-refractivity contribution in [2.24, 2.45) is 0 Å². The summed E-state index contributed by atoms with van der Waals surface area (Å²) in [5.41, 5.74) is 23.1. The summed E-state index contributed by atoms with van der Waals surface area (Å²) >= 11 is 0. The van der Waals surface area contributed by atoms with Gasteiger partial charge in [0, 0.05) is 77.9 Å². The van der Waals surface area contributed by atoms with Gasteiger partial charge in [-0.3, -0.25) is 0 Å². The molecular formula is C111H67BN6. The number of benzene rings is 18. The third-order valence-corrected chi connectivity index (χ3v) is 24.5. The van der Waals surface area contributed by atoms with Crippen molar-refractivity contribution in [2.75, 3.05) is 9.80 Å². The van der Waals surface area contributed by atoms with Crippen LogP contribution in [0.25, 0.3) is 144 Å². The zero-order valence-corrected chi connectivity index (χ0v) is 62.9. The van der Waals surface area contributed by atoms with Crippen molar-refractivity contribution in [2.45, 2.75) is 5.41 Å². The van der Waals surface area contributed by atoms with Crippen LogP contribution < -0.4 is 26.2 Å². The Morgan fingerprint density at radius 3 is 1.09 bits per heavy atom. The molecule has 7 heteroatoms. The molecule has 1 spiro atoms. The van der Waals surface area contributed by atoms with Gasteiger partial charge in [0.25, 0.3) is 6.71 Å². The molecule has 118 heavy (non-hydrogen) atoms. The van der Waals surface area contributed by atoms with Crippen molar-refractivity contribution in [3.63, 3.8) is 0 Å². The molecule has 0 atom stereocenters. The van der Waals surface area contributed by atoms with E-state index in [-0.39, 0.29) is 55.0 Å². The zero-order chi connectivity index (χ0) is 90.0. The molecule has 2 aromatic heterocycles. The van der Waals surface area contributed by atoms with Crippen LogP contribution in [0.3, 0.4) is 0 Å². The molecule has 0 N–H and O–H groups in total. The monoisotopic (exact) mass is 1510 g/mol. The van der Waals surface area contributed by atoms with E-state index in [4.69, 9.17) is 0 Å². The fraction of sp³-hybridized carbons (Fsp3) is 0.00901. The average Bonchev–Trinajstić information content (AvgIpc) is 1.50. The van der Waals surface area contributed by atoms with Crippen LogP contribution >= 0.6 is 0 Å². The molecule has 18 aromatic carbocycles. The van der Waals surface area contributed by atoms with Gasteiger partial charge in [-0.05, 0) is 202 Å². The number of hydrogen-bond acceptors (Lipinski definition) is 4. The van der Waals surface area contributed by atoms with Crippen LogP contribution in [0.5, 0.6) is 0 Å². The Balaban J connectivity index is 0.933. The van der Waals surface area contributed by atoms with Gasteiger partial charge in [0.15, 0.2) is 0 Å². The molecule has 4 aliphatic rings. The lowest BCUT2D eigenvalue weighted by molar-refractivity contribution is 0.796. The third kappa shape index (κ3) is 9.68. The molecule has 20 aromatic rings. The minimum atomic E-state index is -0.942. The number of aromatic nitrogens is 2. The number of fused-ring (bicyclic) bond motifs is 20. The zero-order valence-electron chi connectivity index (χ0n) is 76.9. The predicted molar refractivity (Wildman–Crippen MR) is 487 cm³/mol. The highest BCUT2D eigenvalue weighted by Crippen LogP contribution is 2.66. The fourth-order valence-corrected chi connectivity index (χ4v) is 19.8. The van der Waals surface area contributed by atoms with Crippen LogP contribution in [0.2, 0.25) is 0 Å². The molecule has 0 amide bonds. The van der Waals surface area contributed by atoms with Gasteiger partial charge in [-0.25, -0.2) is 0 Å². The van der Waals surface area contributed by atoms with Crippen molar-refractivity contribution in [1.82, 2.24) is 9.13 Å². The van der Waals surface area contributed by atoms with Crippen molar-refractivity contribution < 1.29 is 19.2 Å². The normalized spacial score (nSPS) is 14.6. The highest BCUT2D eigenvalue weighted by Gasteiger charge is 2.54. The number of nitrogens with zero attached hydrogens (tertiary/aromatic N) is 6. The smallest absolute Gasteiger partial charge is 0.252 e. The molecule has 2 aliphatic heterocycles. The first-order chi connectivity index (χ1) is 64.3. The average molecular weight is 1510 g/mol. The van der Waals surface area contributed by atoms with Gasteiger partial charge < -0.3 is 18.9 Å². The molecule has 6 nitrogen and oxygen atoms in total. The van der Waals surface area contributed by atoms with E-state index in [0.717, 1.165) is 122 Å². The molecule has 0 saturated carbocycles. The molecule has 2 aliphatic carbocycles. The highest BCUT2D eigenvalue weighted by atomic mass is 15.2. The van der Waals surface area contributed by atoms with Gasteiger partial charge in [0.1, 0.15) is 0 Å². The Morgan fingerprint density at radius 1 is 0.280 bits per heavy atom. The summed E-state index contributed by atoms with van der Waals surface area (Å²) in [6.45, 7) is -0.872. The first kappa shape index (κ1) is 54.0. The lowest BCUT2D eigenvalue weighted by Gasteiger charge is -2.46. The quantitative estimate of drug-likeness (QED) is 0.128. The first-order valence-corrected chi connectivity index (χ1v) is 39.3. The summed E-state index contributed by atoms with van der Waals surface area (Å²) in [5.74, 6) is 0. The van der Waals surface area contributed by atoms with E-state index in [2.05, 4.69) is 204 Å². The molecule has 544 valence electrons. The molecular weight excluding hydrogens is 1430 g/mol. The molecule has 4 heterocycles. The maximum Gasteiger partial charge on any atom is 0.252 e. The number of hydrogen-bond donors (Lipinski definition) is 0. The molecule has 0 unspecified atom stereocenters. The van der Waals surface area contributed by atoms with E-state index < -0.39 is 108 Å². The minimum Gasteiger partial charge on any atom is -0.310 e. The summed E-state index contributed by atoms with van der Waals surface area (Å²) in [4.78, 5) is 4.68. The van der Waals surface area contributed by atoms with Gasteiger partial charge in [0.2, 0.25) is 0 Å². The number of anilines is 6. The maximum atomic E-state index is 10.8. The third-order valence-electron chi connectivity index (χ3n) is 24.5. The molecule has 0 radical (unpaired) electrons. The molecule has 24 rings (SSSR count). The van der Waals surface area contributed by atoms with E-state index in [1.807, 2.05) is 140 Å². The number of para-hydroxylation sites is 3. The van der Waals surface area contributed by atoms with E-state index in [9.17, 15) is 29.7 Å². The second kappa shape index (κ2) is 26.1.